The zero-order chi connectivity index (χ0) is 20.1. The minimum absolute atomic E-state index is 0. The molecule has 1 fully saturated rings. The maximum atomic E-state index is 11.6. The second-order valence-corrected chi connectivity index (χ2v) is 7.81. The molecule has 158 valence electrons. The maximum absolute atomic E-state index is 11.6. The molecule has 1 saturated heterocycles. The Balaban J connectivity index is 0.00000392. The molecule has 1 heterocycles. The van der Waals surface area contributed by atoms with Gasteiger partial charge in [-0.2, -0.15) is 0 Å². The lowest BCUT2D eigenvalue weighted by atomic mass is 9.89. The molecular formula is C22H37IN4O. The van der Waals surface area contributed by atoms with Crippen LogP contribution in [0, 0.1) is 40.5 Å². The lowest BCUT2D eigenvalue weighted by Gasteiger charge is -2.34. The van der Waals surface area contributed by atoms with Crippen LogP contribution in [0.3, 0.4) is 0 Å². The highest BCUT2D eigenvalue weighted by Crippen LogP contribution is 2.26. The van der Waals surface area contributed by atoms with Crippen molar-refractivity contribution in [2.24, 2.45) is 10.9 Å². The molecule has 28 heavy (non-hydrogen) atoms. The van der Waals surface area contributed by atoms with E-state index >= 15 is 0 Å². The van der Waals surface area contributed by atoms with E-state index in [0.717, 1.165) is 38.4 Å². The summed E-state index contributed by atoms with van der Waals surface area (Å²) in [4.78, 5) is 18.4. The van der Waals surface area contributed by atoms with Crippen molar-refractivity contribution in [3.05, 3.63) is 33.4 Å². The Hall–Kier alpha value is -1.31. The molecule has 0 saturated carbocycles. The number of carbonyl (C=O) groups is 1. The van der Waals surface area contributed by atoms with E-state index in [0.29, 0.717) is 12.3 Å². The number of nitrogens with one attached hydrogen (secondary N) is 2. The molecular weight excluding hydrogens is 463 g/mol. The van der Waals surface area contributed by atoms with Gasteiger partial charge in [-0.3, -0.25) is 9.79 Å². The number of hydrogen-bond donors (Lipinski definition) is 2. The van der Waals surface area contributed by atoms with Crippen molar-refractivity contribution in [3.8, 4) is 0 Å². The molecule has 6 heteroatoms. The average Bonchev–Trinajstić information content (AvgIpc) is 2.68. The zero-order valence-corrected chi connectivity index (χ0v) is 20.9. The van der Waals surface area contributed by atoms with Crippen LogP contribution in [0.5, 0.6) is 0 Å². The third kappa shape index (κ3) is 5.61. The van der Waals surface area contributed by atoms with Gasteiger partial charge in [0, 0.05) is 40.2 Å². The zero-order valence-electron chi connectivity index (χ0n) is 18.5. The number of carbonyl (C=O) groups excluding carboxylic acids is 1. The molecule has 0 bridgehead atoms. The number of hydrogen-bond acceptors (Lipinski definition) is 2. The second-order valence-electron chi connectivity index (χ2n) is 7.81. The first-order valence-electron chi connectivity index (χ1n) is 10.0. The van der Waals surface area contributed by atoms with E-state index in [-0.39, 0.29) is 29.9 Å². The summed E-state index contributed by atoms with van der Waals surface area (Å²) < 4.78 is 0. The standard InChI is InChI=1S/C22H36N4O.HI/c1-14-15(2)17(4)20(18(5)16(14)3)13-25-22(24-7)26-10-8-19(9-11-26)12-21(27)23-6;/h19H,8-13H2,1-7H3,(H,23,27)(H,24,25);1H. The number of likely N-dealkylation sites (tertiary alicyclic amines) is 1. The highest BCUT2D eigenvalue weighted by molar-refractivity contribution is 14.0. The summed E-state index contributed by atoms with van der Waals surface area (Å²) in [6.07, 6.45) is 2.71. The predicted octanol–water partition coefficient (Wildman–Crippen LogP) is 3.77. The summed E-state index contributed by atoms with van der Waals surface area (Å²) in [7, 11) is 3.56. The van der Waals surface area contributed by atoms with Gasteiger partial charge in [0.2, 0.25) is 5.91 Å². The maximum Gasteiger partial charge on any atom is 0.220 e. The summed E-state index contributed by atoms with van der Waals surface area (Å²) in [6.45, 7) is 13.8. The number of guanidine groups is 1. The SMILES string of the molecule is CN=C(NCc1c(C)c(C)c(C)c(C)c1C)N1CCC(CC(=O)NC)CC1.I. The van der Waals surface area contributed by atoms with E-state index in [1.807, 2.05) is 7.05 Å². The fourth-order valence-electron chi connectivity index (χ4n) is 4.06. The first-order valence-corrected chi connectivity index (χ1v) is 10.0. The molecule has 0 radical (unpaired) electrons. The van der Waals surface area contributed by atoms with Crippen LogP contribution in [-0.4, -0.2) is 44.0 Å². The van der Waals surface area contributed by atoms with Crippen LogP contribution in [-0.2, 0) is 11.3 Å². The Morgan fingerprint density at radius 1 is 1.00 bits per heavy atom. The van der Waals surface area contributed by atoms with Gasteiger partial charge >= 0.3 is 0 Å². The van der Waals surface area contributed by atoms with E-state index in [4.69, 9.17) is 0 Å². The minimum atomic E-state index is 0. The van der Waals surface area contributed by atoms with Crippen molar-refractivity contribution in [3.63, 3.8) is 0 Å². The Morgan fingerprint density at radius 2 is 1.50 bits per heavy atom. The van der Waals surface area contributed by atoms with Gasteiger partial charge in [0.15, 0.2) is 5.96 Å². The fraction of sp³-hybridized carbons (Fsp3) is 0.636. The number of nitrogens with zero attached hydrogens (tertiary/aromatic N) is 2. The van der Waals surface area contributed by atoms with Crippen LogP contribution in [0.1, 0.15) is 52.6 Å². The number of piperidine rings is 1. The van der Waals surface area contributed by atoms with Crippen molar-refractivity contribution in [2.45, 2.75) is 60.4 Å². The Bertz CT molecular complexity index is 693. The quantitative estimate of drug-likeness (QED) is 0.376. The monoisotopic (exact) mass is 500 g/mol. The molecule has 1 aliphatic rings. The van der Waals surface area contributed by atoms with Crippen molar-refractivity contribution in [2.75, 3.05) is 27.2 Å². The molecule has 0 unspecified atom stereocenters. The fourth-order valence-corrected chi connectivity index (χ4v) is 4.06. The molecule has 0 aromatic heterocycles. The van der Waals surface area contributed by atoms with Gasteiger partial charge in [0.05, 0.1) is 0 Å². The summed E-state index contributed by atoms with van der Waals surface area (Å²) in [5.41, 5.74) is 8.31. The van der Waals surface area contributed by atoms with Crippen LogP contribution < -0.4 is 10.6 Å². The van der Waals surface area contributed by atoms with Gasteiger partial charge in [-0.15, -0.1) is 24.0 Å². The number of amides is 1. The van der Waals surface area contributed by atoms with Crippen LogP contribution in [0.15, 0.2) is 4.99 Å². The molecule has 1 aromatic carbocycles. The van der Waals surface area contributed by atoms with Gasteiger partial charge in [0.25, 0.3) is 0 Å². The first-order chi connectivity index (χ1) is 12.8. The van der Waals surface area contributed by atoms with Crippen molar-refractivity contribution >= 4 is 35.8 Å². The first kappa shape index (κ1) is 24.7. The number of aliphatic imine (C=N–C) groups is 1. The van der Waals surface area contributed by atoms with Gasteiger partial charge in [-0.05, 0) is 86.8 Å². The highest BCUT2D eigenvalue weighted by Gasteiger charge is 2.23. The molecule has 0 aliphatic carbocycles. The lowest BCUT2D eigenvalue weighted by molar-refractivity contribution is -0.121. The summed E-state index contributed by atoms with van der Waals surface area (Å²) in [5, 5.41) is 6.31. The van der Waals surface area contributed by atoms with Gasteiger partial charge in [-0.1, -0.05) is 0 Å². The third-order valence-electron chi connectivity index (χ3n) is 6.46. The topological polar surface area (TPSA) is 56.7 Å². The average molecular weight is 500 g/mol. The second kappa shape index (κ2) is 11.0. The van der Waals surface area contributed by atoms with E-state index in [9.17, 15) is 4.79 Å². The number of rotatable bonds is 4. The van der Waals surface area contributed by atoms with E-state index in [1.54, 1.807) is 7.05 Å². The highest BCUT2D eigenvalue weighted by atomic mass is 127. The van der Waals surface area contributed by atoms with Crippen molar-refractivity contribution in [1.29, 1.82) is 0 Å². The molecule has 1 amide bonds. The third-order valence-corrected chi connectivity index (χ3v) is 6.46. The molecule has 1 aliphatic heterocycles. The van der Waals surface area contributed by atoms with Crippen LogP contribution in [0.2, 0.25) is 0 Å². The smallest absolute Gasteiger partial charge is 0.220 e. The van der Waals surface area contributed by atoms with Crippen molar-refractivity contribution < 1.29 is 4.79 Å². The normalized spacial score (nSPS) is 15.2. The summed E-state index contributed by atoms with van der Waals surface area (Å²) in [5.74, 6) is 1.58. The van der Waals surface area contributed by atoms with Crippen LogP contribution >= 0.6 is 24.0 Å². The van der Waals surface area contributed by atoms with Crippen molar-refractivity contribution in [1.82, 2.24) is 15.5 Å². The molecule has 2 N–H and O–H groups in total. The Kier molecular flexibility index (Phi) is 9.74. The number of halogens is 1. The van der Waals surface area contributed by atoms with Gasteiger partial charge < -0.3 is 15.5 Å². The van der Waals surface area contributed by atoms with E-state index in [2.05, 4.69) is 55.1 Å². The molecule has 2 rings (SSSR count). The molecule has 0 spiro atoms. The van der Waals surface area contributed by atoms with Gasteiger partial charge in [0.1, 0.15) is 0 Å². The summed E-state index contributed by atoms with van der Waals surface area (Å²) in [6, 6.07) is 0. The van der Waals surface area contributed by atoms with Gasteiger partial charge in [-0.25, -0.2) is 0 Å². The Labute approximate surface area is 187 Å². The molecule has 5 nitrogen and oxygen atoms in total. The summed E-state index contributed by atoms with van der Waals surface area (Å²) >= 11 is 0. The minimum Gasteiger partial charge on any atom is -0.359 e. The number of benzene rings is 1. The molecule has 1 aromatic rings. The van der Waals surface area contributed by atoms with E-state index in [1.165, 1.54) is 33.4 Å². The van der Waals surface area contributed by atoms with Crippen LogP contribution in [0.25, 0.3) is 0 Å². The molecule has 0 atom stereocenters. The van der Waals surface area contributed by atoms with E-state index < -0.39 is 0 Å². The largest absolute Gasteiger partial charge is 0.359 e. The van der Waals surface area contributed by atoms with Crippen LogP contribution in [0.4, 0.5) is 0 Å². The predicted molar refractivity (Wildman–Crippen MR) is 129 cm³/mol. The Morgan fingerprint density at radius 3 is 1.96 bits per heavy atom. The lowest BCUT2D eigenvalue weighted by Crippen LogP contribution is -2.45.